The van der Waals surface area contributed by atoms with Crippen molar-refractivity contribution in [1.29, 1.82) is 0 Å². The number of rotatable bonds is 3. The first-order valence-corrected chi connectivity index (χ1v) is 9.18. The summed E-state index contributed by atoms with van der Waals surface area (Å²) in [6.45, 7) is 4.32. The van der Waals surface area contributed by atoms with E-state index in [2.05, 4.69) is 42.1 Å². The van der Waals surface area contributed by atoms with Gasteiger partial charge in [-0.1, -0.05) is 56.3 Å². The number of amides is 1. The number of hydrogen-bond donors (Lipinski definition) is 3. The highest BCUT2D eigenvalue weighted by atomic mass is 32.1. The Bertz CT molecular complexity index is 983. The Morgan fingerprint density at radius 3 is 2.41 bits per heavy atom. The van der Waals surface area contributed by atoms with Crippen molar-refractivity contribution in [3.63, 3.8) is 0 Å². The molecule has 0 unspecified atom stereocenters. The van der Waals surface area contributed by atoms with Gasteiger partial charge in [-0.2, -0.15) is 0 Å². The largest absolute Gasteiger partial charge is 0.364 e. The summed E-state index contributed by atoms with van der Waals surface area (Å²) in [5, 5.41) is 3.88. The predicted molar refractivity (Wildman–Crippen MR) is 114 cm³/mol. The number of thiocarbonyl (C=S) groups is 1. The molecule has 0 aliphatic heterocycles. The number of aromatic nitrogens is 1. The van der Waals surface area contributed by atoms with Gasteiger partial charge in [-0.3, -0.25) is 15.6 Å². The maximum atomic E-state index is 12.7. The van der Waals surface area contributed by atoms with Gasteiger partial charge in [0.05, 0.1) is 16.8 Å². The highest BCUT2D eigenvalue weighted by molar-refractivity contribution is 7.80. The van der Waals surface area contributed by atoms with Crippen LogP contribution in [0.25, 0.3) is 22.2 Å². The zero-order valence-electron chi connectivity index (χ0n) is 15.5. The Labute approximate surface area is 164 Å². The molecular weight excluding hydrogens is 356 g/mol. The number of pyridine rings is 1. The average Bonchev–Trinajstić information content (AvgIpc) is 2.70. The van der Waals surface area contributed by atoms with Crippen molar-refractivity contribution in [1.82, 2.24) is 21.2 Å². The number of carbonyl (C=O) groups excluding carboxylic acids is 1. The molecule has 6 heteroatoms. The first-order valence-electron chi connectivity index (χ1n) is 8.77. The van der Waals surface area contributed by atoms with Crippen molar-refractivity contribution < 1.29 is 4.79 Å². The number of benzene rings is 2. The summed E-state index contributed by atoms with van der Waals surface area (Å²) in [6, 6.07) is 17.7. The topological polar surface area (TPSA) is 66.0 Å². The molecule has 0 aliphatic carbocycles. The fourth-order valence-corrected chi connectivity index (χ4v) is 2.84. The highest BCUT2D eigenvalue weighted by Gasteiger charge is 2.14. The smallest absolute Gasteiger partial charge is 0.270 e. The number of hydrazine groups is 1. The number of para-hydroxylation sites is 1. The summed E-state index contributed by atoms with van der Waals surface area (Å²) < 4.78 is 0. The molecule has 3 aromatic rings. The van der Waals surface area contributed by atoms with E-state index in [1.54, 1.807) is 7.05 Å². The van der Waals surface area contributed by atoms with Gasteiger partial charge in [-0.25, -0.2) is 4.98 Å². The molecule has 0 fully saturated rings. The van der Waals surface area contributed by atoms with Crippen LogP contribution < -0.4 is 16.2 Å². The maximum absolute atomic E-state index is 12.7. The van der Waals surface area contributed by atoms with Crippen LogP contribution in [0, 0.1) is 0 Å². The van der Waals surface area contributed by atoms with Gasteiger partial charge in [0.25, 0.3) is 5.91 Å². The van der Waals surface area contributed by atoms with Crippen LogP contribution in [0.5, 0.6) is 0 Å². The minimum Gasteiger partial charge on any atom is -0.364 e. The normalized spacial score (nSPS) is 10.7. The van der Waals surface area contributed by atoms with Crippen LogP contribution >= 0.6 is 12.2 Å². The maximum Gasteiger partial charge on any atom is 0.270 e. The minimum atomic E-state index is -0.272. The van der Waals surface area contributed by atoms with Gasteiger partial charge in [0.1, 0.15) is 0 Å². The quantitative estimate of drug-likeness (QED) is 0.478. The van der Waals surface area contributed by atoms with Gasteiger partial charge >= 0.3 is 0 Å². The third-order valence-corrected chi connectivity index (χ3v) is 4.66. The lowest BCUT2D eigenvalue weighted by Gasteiger charge is -2.12. The molecule has 0 saturated carbocycles. The second kappa shape index (κ2) is 8.14. The number of nitrogens with zero attached hydrogens (tertiary/aromatic N) is 1. The Morgan fingerprint density at radius 2 is 1.74 bits per heavy atom. The van der Waals surface area contributed by atoms with E-state index in [1.807, 2.05) is 42.5 Å². The first kappa shape index (κ1) is 18.8. The molecule has 0 aliphatic rings. The van der Waals surface area contributed by atoms with Gasteiger partial charge in [0.15, 0.2) is 5.11 Å². The van der Waals surface area contributed by atoms with Crippen molar-refractivity contribution in [2.75, 3.05) is 7.05 Å². The molecule has 0 radical (unpaired) electrons. The number of carbonyl (C=O) groups is 1. The zero-order chi connectivity index (χ0) is 19.4. The monoisotopic (exact) mass is 378 g/mol. The Morgan fingerprint density at radius 1 is 1.04 bits per heavy atom. The minimum absolute atomic E-state index is 0.272. The average molecular weight is 379 g/mol. The SMILES string of the molecule is CNC(=S)NNC(=O)c1cc(-c2ccc(C(C)C)cc2)nc2ccccc12. The van der Waals surface area contributed by atoms with E-state index in [0.717, 1.165) is 22.2 Å². The number of fused-ring (bicyclic) bond motifs is 1. The van der Waals surface area contributed by atoms with Gasteiger partial charge in [0.2, 0.25) is 0 Å². The molecule has 27 heavy (non-hydrogen) atoms. The fourth-order valence-electron chi connectivity index (χ4n) is 2.79. The predicted octanol–water partition coefficient (Wildman–Crippen LogP) is 3.76. The summed E-state index contributed by atoms with van der Waals surface area (Å²) in [7, 11) is 1.68. The van der Waals surface area contributed by atoms with E-state index in [-0.39, 0.29) is 5.91 Å². The van der Waals surface area contributed by atoms with Gasteiger partial charge in [-0.05, 0) is 35.8 Å². The number of hydrogen-bond acceptors (Lipinski definition) is 3. The standard InChI is InChI=1S/C21H22N4OS/c1-13(2)14-8-10-15(11-9-14)19-12-17(20(26)24-25-21(27)22-3)16-6-4-5-7-18(16)23-19/h4-13H,1-3H3,(H,24,26)(H2,22,25,27). The lowest BCUT2D eigenvalue weighted by atomic mass is 9.99. The van der Waals surface area contributed by atoms with Crippen LogP contribution in [0.3, 0.4) is 0 Å². The van der Waals surface area contributed by atoms with Crippen LogP contribution in [-0.2, 0) is 0 Å². The second-order valence-electron chi connectivity index (χ2n) is 6.51. The molecule has 2 aromatic carbocycles. The molecule has 138 valence electrons. The van der Waals surface area contributed by atoms with Crippen molar-refractivity contribution >= 4 is 34.1 Å². The van der Waals surface area contributed by atoms with E-state index in [1.165, 1.54) is 5.56 Å². The summed E-state index contributed by atoms with van der Waals surface area (Å²) in [5.74, 6) is 0.193. The molecule has 3 N–H and O–H groups in total. The Balaban J connectivity index is 2.02. The third kappa shape index (κ3) is 4.23. The van der Waals surface area contributed by atoms with E-state index in [9.17, 15) is 4.79 Å². The lowest BCUT2D eigenvalue weighted by molar-refractivity contribution is 0.0945. The van der Waals surface area contributed by atoms with E-state index in [0.29, 0.717) is 16.6 Å². The molecule has 1 aromatic heterocycles. The lowest BCUT2D eigenvalue weighted by Crippen LogP contribution is -2.45. The third-order valence-electron chi connectivity index (χ3n) is 4.35. The van der Waals surface area contributed by atoms with Gasteiger partial charge < -0.3 is 5.32 Å². The zero-order valence-corrected chi connectivity index (χ0v) is 16.4. The van der Waals surface area contributed by atoms with Gasteiger partial charge in [-0.15, -0.1) is 0 Å². The Hall–Kier alpha value is -2.99. The highest BCUT2D eigenvalue weighted by Crippen LogP contribution is 2.26. The summed E-state index contributed by atoms with van der Waals surface area (Å²) in [5.41, 5.74) is 9.59. The molecule has 0 bridgehead atoms. The van der Waals surface area contributed by atoms with Crippen LogP contribution in [0.15, 0.2) is 54.6 Å². The number of nitrogens with one attached hydrogen (secondary N) is 3. The molecule has 1 heterocycles. The second-order valence-corrected chi connectivity index (χ2v) is 6.92. The first-order chi connectivity index (χ1) is 13.0. The van der Waals surface area contributed by atoms with Crippen LogP contribution in [0.1, 0.15) is 35.7 Å². The summed E-state index contributed by atoms with van der Waals surface area (Å²) in [6.07, 6.45) is 0. The van der Waals surface area contributed by atoms with Crippen LogP contribution in [0.4, 0.5) is 0 Å². The van der Waals surface area contributed by atoms with E-state index in [4.69, 9.17) is 17.2 Å². The summed E-state index contributed by atoms with van der Waals surface area (Å²) >= 11 is 5.01. The Kier molecular flexibility index (Phi) is 5.66. The van der Waals surface area contributed by atoms with E-state index < -0.39 is 0 Å². The summed E-state index contributed by atoms with van der Waals surface area (Å²) in [4.78, 5) is 17.5. The molecule has 0 saturated heterocycles. The molecular formula is C21H22N4OS. The van der Waals surface area contributed by atoms with Crippen molar-refractivity contribution in [3.8, 4) is 11.3 Å². The van der Waals surface area contributed by atoms with Crippen molar-refractivity contribution in [3.05, 3.63) is 65.7 Å². The van der Waals surface area contributed by atoms with Crippen molar-refractivity contribution in [2.24, 2.45) is 0 Å². The molecule has 0 atom stereocenters. The van der Waals surface area contributed by atoms with Crippen LogP contribution in [-0.4, -0.2) is 23.1 Å². The molecule has 5 nitrogen and oxygen atoms in total. The fraction of sp³-hybridized carbons (Fsp3) is 0.190. The molecule has 0 spiro atoms. The molecule has 3 rings (SSSR count). The van der Waals surface area contributed by atoms with Gasteiger partial charge in [0, 0.05) is 18.0 Å². The van der Waals surface area contributed by atoms with Crippen molar-refractivity contribution in [2.45, 2.75) is 19.8 Å². The van der Waals surface area contributed by atoms with Crippen LogP contribution in [0.2, 0.25) is 0 Å². The van der Waals surface area contributed by atoms with E-state index >= 15 is 0 Å². The molecule has 1 amide bonds.